The van der Waals surface area contributed by atoms with Gasteiger partial charge in [-0.05, 0) is 39.9 Å². The molecule has 3 rings (SSSR count). The van der Waals surface area contributed by atoms with Crippen molar-refractivity contribution < 1.29 is 4.79 Å². The largest absolute Gasteiger partial charge is 0.304 e. The fourth-order valence-corrected chi connectivity index (χ4v) is 3.50. The van der Waals surface area contributed by atoms with Gasteiger partial charge in [-0.1, -0.05) is 25.4 Å². The maximum Gasteiger partial charge on any atom is 0.166 e. The molecule has 0 aliphatic heterocycles. The van der Waals surface area contributed by atoms with Gasteiger partial charge in [-0.25, -0.2) is 4.98 Å². The van der Waals surface area contributed by atoms with Crippen molar-refractivity contribution in [3.8, 4) is 5.82 Å². The maximum absolute atomic E-state index is 12.3. The van der Waals surface area contributed by atoms with Gasteiger partial charge in [0.05, 0.1) is 10.6 Å². The van der Waals surface area contributed by atoms with Gasteiger partial charge in [0, 0.05) is 29.0 Å². The summed E-state index contributed by atoms with van der Waals surface area (Å²) in [6, 6.07) is 3.67. The van der Waals surface area contributed by atoms with Crippen molar-refractivity contribution in [1.29, 1.82) is 0 Å². The highest BCUT2D eigenvalue weighted by Gasteiger charge is 2.35. The van der Waals surface area contributed by atoms with Crippen LogP contribution < -0.4 is 0 Å². The Labute approximate surface area is 131 Å². The minimum atomic E-state index is -0.0218. The van der Waals surface area contributed by atoms with Gasteiger partial charge in [0.25, 0.3) is 0 Å². The predicted octanol–water partition coefficient (Wildman–Crippen LogP) is 4.44. The van der Waals surface area contributed by atoms with E-state index in [1.54, 1.807) is 12.3 Å². The molecule has 0 saturated carbocycles. The Bertz CT molecular complexity index is 689. The number of pyridine rings is 1. The molecular weight excluding hydrogens is 340 g/mol. The van der Waals surface area contributed by atoms with Crippen LogP contribution in [0.15, 0.2) is 29.0 Å². The Morgan fingerprint density at radius 2 is 2.10 bits per heavy atom. The fourth-order valence-electron chi connectivity index (χ4n) is 2.74. The summed E-state index contributed by atoms with van der Waals surface area (Å²) in [6.07, 6.45) is 4.97. The number of carbonyl (C=O) groups is 1. The van der Waals surface area contributed by atoms with Crippen LogP contribution in [0.5, 0.6) is 0 Å². The van der Waals surface area contributed by atoms with Crippen molar-refractivity contribution in [2.75, 3.05) is 0 Å². The third-order valence-electron chi connectivity index (χ3n) is 3.58. The number of hydrogen-bond acceptors (Lipinski definition) is 2. The first-order valence-electron chi connectivity index (χ1n) is 6.42. The molecule has 0 bridgehead atoms. The van der Waals surface area contributed by atoms with E-state index in [1.165, 1.54) is 0 Å². The lowest BCUT2D eigenvalue weighted by atomic mass is 9.76. The number of ketones is 1. The van der Waals surface area contributed by atoms with Crippen molar-refractivity contribution in [2.45, 2.75) is 26.7 Å². The zero-order chi connectivity index (χ0) is 14.5. The van der Waals surface area contributed by atoms with Crippen LogP contribution >= 0.6 is 27.5 Å². The van der Waals surface area contributed by atoms with Crippen LogP contribution in [0.25, 0.3) is 5.82 Å². The first kappa shape index (κ1) is 13.8. The summed E-state index contributed by atoms with van der Waals surface area (Å²) >= 11 is 9.38. The molecule has 20 heavy (non-hydrogen) atoms. The zero-order valence-corrected chi connectivity index (χ0v) is 13.6. The highest BCUT2D eigenvalue weighted by atomic mass is 79.9. The van der Waals surface area contributed by atoms with Crippen molar-refractivity contribution in [2.24, 2.45) is 5.41 Å². The third-order valence-corrected chi connectivity index (χ3v) is 4.41. The second-order valence-electron chi connectivity index (χ2n) is 5.94. The summed E-state index contributed by atoms with van der Waals surface area (Å²) in [6.45, 7) is 4.24. The molecule has 0 spiro atoms. The van der Waals surface area contributed by atoms with Crippen LogP contribution in [-0.4, -0.2) is 15.3 Å². The Hall–Kier alpha value is -1.13. The topological polar surface area (TPSA) is 34.9 Å². The molecule has 0 amide bonds. The van der Waals surface area contributed by atoms with E-state index in [1.807, 2.05) is 16.8 Å². The van der Waals surface area contributed by atoms with E-state index in [2.05, 4.69) is 34.8 Å². The standard InChI is InChI=1S/C15H14BrClN2O/c1-15(2)5-11-14(12(20)6-15)10(16)8-19(11)13-4-3-9(17)7-18-13/h3-4,7-8H,5-6H2,1-2H3. The van der Waals surface area contributed by atoms with E-state index in [-0.39, 0.29) is 11.2 Å². The predicted molar refractivity (Wildman–Crippen MR) is 82.7 cm³/mol. The number of halogens is 2. The lowest BCUT2D eigenvalue weighted by molar-refractivity contribution is 0.0910. The molecule has 104 valence electrons. The molecule has 5 heteroatoms. The molecular formula is C15H14BrClN2O. The van der Waals surface area contributed by atoms with E-state index in [4.69, 9.17) is 11.6 Å². The minimum Gasteiger partial charge on any atom is -0.304 e. The molecule has 0 saturated heterocycles. The second kappa shape index (κ2) is 4.71. The number of rotatable bonds is 1. The van der Waals surface area contributed by atoms with Crippen LogP contribution in [0.2, 0.25) is 5.02 Å². The number of aromatic nitrogens is 2. The van der Waals surface area contributed by atoms with Gasteiger partial charge in [0.2, 0.25) is 0 Å². The first-order valence-corrected chi connectivity index (χ1v) is 7.59. The SMILES string of the molecule is CC1(C)CC(=O)c2c(Br)cn(-c3ccc(Cl)cn3)c2C1. The summed E-state index contributed by atoms with van der Waals surface area (Å²) in [5, 5.41) is 0.602. The molecule has 0 atom stereocenters. The Morgan fingerprint density at radius 3 is 2.75 bits per heavy atom. The molecule has 3 nitrogen and oxygen atoms in total. The molecule has 0 unspecified atom stereocenters. The number of Topliss-reactive ketones (excluding diaryl/α,β-unsaturated/α-hetero) is 1. The fraction of sp³-hybridized carbons (Fsp3) is 0.333. The molecule has 0 fully saturated rings. The van der Waals surface area contributed by atoms with Crippen LogP contribution in [0.3, 0.4) is 0 Å². The smallest absolute Gasteiger partial charge is 0.166 e. The Morgan fingerprint density at radius 1 is 1.35 bits per heavy atom. The molecule has 2 aromatic rings. The highest BCUT2D eigenvalue weighted by Crippen LogP contribution is 2.39. The van der Waals surface area contributed by atoms with Gasteiger partial charge in [0.1, 0.15) is 5.82 Å². The number of carbonyl (C=O) groups excluding carboxylic acids is 1. The van der Waals surface area contributed by atoms with Gasteiger partial charge < -0.3 is 4.57 Å². The van der Waals surface area contributed by atoms with E-state index < -0.39 is 0 Å². The summed E-state index contributed by atoms with van der Waals surface area (Å²) in [7, 11) is 0. The molecule has 2 aromatic heterocycles. The molecule has 2 heterocycles. The number of nitrogens with zero attached hydrogens (tertiary/aromatic N) is 2. The highest BCUT2D eigenvalue weighted by molar-refractivity contribution is 9.10. The normalized spacial score (nSPS) is 17.1. The van der Waals surface area contributed by atoms with Crippen LogP contribution in [-0.2, 0) is 6.42 Å². The molecule has 1 aliphatic rings. The van der Waals surface area contributed by atoms with Crippen molar-refractivity contribution in [1.82, 2.24) is 9.55 Å². The maximum atomic E-state index is 12.3. The monoisotopic (exact) mass is 352 g/mol. The van der Waals surface area contributed by atoms with Gasteiger partial charge in [-0.3, -0.25) is 4.79 Å². The summed E-state index contributed by atoms with van der Waals surface area (Å²) in [5.41, 5.74) is 1.79. The van der Waals surface area contributed by atoms with Crippen LogP contribution in [0.1, 0.15) is 36.3 Å². The zero-order valence-electron chi connectivity index (χ0n) is 11.3. The van der Waals surface area contributed by atoms with E-state index in [0.29, 0.717) is 11.4 Å². The van der Waals surface area contributed by atoms with Gasteiger partial charge in [-0.2, -0.15) is 0 Å². The van der Waals surface area contributed by atoms with Crippen LogP contribution in [0, 0.1) is 5.41 Å². The second-order valence-corrected chi connectivity index (χ2v) is 7.24. The van der Waals surface area contributed by atoms with Crippen molar-refractivity contribution in [3.05, 3.63) is 45.3 Å². The Balaban J connectivity index is 2.17. The van der Waals surface area contributed by atoms with Crippen molar-refractivity contribution in [3.63, 3.8) is 0 Å². The van der Waals surface area contributed by atoms with Crippen LogP contribution in [0.4, 0.5) is 0 Å². The number of fused-ring (bicyclic) bond motifs is 1. The van der Waals surface area contributed by atoms with Gasteiger partial charge >= 0.3 is 0 Å². The Kier molecular flexibility index (Phi) is 3.26. The molecule has 0 radical (unpaired) electrons. The summed E-state index contributed by atoms with van der Waals surface area (Å²) < 4.78 is 2.82. The minimum absolute atomic E-state index is 0.0218. The van der Waals surface area contributed by atoms with Gasteiger partial charge in [-0.15, -0.1) is 0 Å². The van der Waals surface area contributed by atoms with E-state index in [0.717, 1.165) is 28.0 Å². The third kappa shape index (κ3) is 2.31. The first-order chi connectivity index (χ1) is 9.37. The van der Waals surface area contributed by atoms with Crippen molar-refractivity contribution >= 4 is 33.3 Å². The lowest BCUT2D eigenvalue weighted by Gasteiger charge is -2.29. The molecule has 1 aliphatic carbocycles. The lowest BCUT2D eigenvalue weighted by Crippen LogP contribution is -2.28. The summed E-state index contributed by atoms with van der Waals surface area (Å²) in [4.78, 5) is 16.7. The van der Waals surface area contributed by atoms with Gasteiger partial charge in [0.15, 0.2) is 5.78 Å². The average molecular weight is 354 g/mol. The number of hydrogen-bond donors (Lipinski definition) is 0. The molecule has 0 N–H and O–H groups in total. The quantitative estimate of drug-likeness (QED) is 0.759. The van der Waals surface area contributed by atoms with E-state index in [9.17, 15) is 4.79 Å². The molecule has 0 aromatic carbocycles. The average Bonchev–Trinajstić information content (AvgIpc) is 2.66. The summed E-state index contributed by atoms with van der Waals surface area (Å²) in [5.74, 6) is 0.970. The van der Waals surface area contributed by atoms with E-state index >= 15 is 0 Å².